The van der Waals surface area contributed by atoms with Crippen molar-refractivity contribution in [1.82, 2.24) is 14.8 Å². The molecule has 0 aliphatic heterocycles. The zero-order valence-electron chi connectivity index (χ0n) is 10.7. The highest BCUT2D eigenvalue weighted by Crippen LogP contribution is 2.11. The Bertz CT molecular complexity index is 486. The number of nitrogens with zero attached hydrogens (tertiary/aromatic N) is 3. The molecule has 2 aromatic rings. The summed E-state index contributed by atoms with van der Waals surface area (Å²) >= 11 is 0. The standard InChI is InChI=1S/C14H19N3/c1-11(2)17-10-15-16-14(17)8-7-13-6-4-5-12(3)9-13/h4-6,9-11H,7-8H2,1-3H3. The molecule has 0 saturated heterocycles. The third-order valence-corrected chi connectivity index (χ3v) is 2.92. The lowest BCUT2D eigenvalue weighted by molar-refractivity contribution is 0.565. The van der Waals surface area contributed by atoms with E-state index >= 15 is 0 Å². The van der Waals surface area contributed by atoms with E-state index in [-0.39, 0.29) is 0 Å². The maximum Gasteiger partial charge on any atom is 0.133 e. The van der Waals surface area contributed by atoms with Crippen LogP contribution in [-0.4, -0.2) is 14.8 Å². The van der Waals surface area contributed by atoms with E-state index in [0.717, 1.165) is 18.7 Å². The van der Waals surface area contributed by atoms with Gasteiger partial charge in [-0.2, -0.15) is 0 Å². The fraction of sp³-hybridized carbons (Fsp3) is 0.429. The summed E-state index contributed by atoms with van der Waals surface area (Å²) in [6.07, 6.45) is 3.78. The third-order valence-electron chi connectivity index (χ3n) is 2.92. The second kappa shape index (κ2) is 5.13. The zero-order chi connectivity index (χ0) is 12.3. The molecule has 2 rings (SSSR count). The number of aryl methyl sites for hydroxylation is 3. The molecule has 0 bridgehead atoms. The van der Waals surface area contributed by atoms with Gasteiger partial charge in [-0.15, -0.1) is 10.2 Å². The van der Waals surface area contributed by atoms with Crippen LogP contribution in [0.5, 0.6) is 0 Å². The normalized spacial score (nSPS) is 11.1. The molecule has 1 aromatic heterocycles. The van der Waals surface area contributed by atoms with Crippen LogP contribution in [0.1, 0.15) is 36.8 Å². The molecule has 0 radical (unpaired) electrons. The van der Waals surface area contributed by atoms with Gasteiger partial charge in [0.15, 0.2) is 0 Å². The van der Waals surface area contributed by atoms with E-state index in [0.29, 0.717) is 6.04 Å². The van der Waals surface area contributed by atoms with Crippen LogP contribution in [0.2, 0.25) is 0 Å². The van der Waals surface area contributed by atoms with Crippen molar-refractivity contribution < 1.29 is 0 Å². The summed E-state index contributed by atoms with van der Waals surface area (Å²) in [6.45, 7) is 6.43. The molecule has 3 nitrogen and oxygen atoms in total. The van der Waals surface area contributed by atoms with E-state index < -0.39 is 0 Å². The van der Waals surface area contributed by atoms with Crippen molar-refractivity contribution in [3.63, 3.8) is 0 Å². The summed E-state index contributed by atoms with van der Waals surface area (Å²) in [5.41, 5.74) is 2.68. The first kappa shape index (κ1) is 11.8. The highest BCUT2D eigenvalue weighted by molar-refractivity contribution is 5.22. The van der Waals surface area contributed by atoms with Crippen molar-refractivity contribution >= 4 is 0 Å². The molecule has 1 heterocycles. The Morgan fingerprint density at radius 1 is 1.24 bits per heavy atom. The van der Waals surface area contributed by atoms with Crippen molar-refractivity contribution in [1.29, 1.82) is 0 Å². The lowest BCUT2D eigenvalue weighted by Crippen LogP contribution is -2.06. The maximum absolute atomic E-state index is 4.19. The van der Waals surface area contributed by atoms with E-state index in [1.807, 2.05) is 6.33 Å². The number of aromatic nitrogens is 3. The van der Waals surface area contributed by atoms with Crippen LogP contribution in [0, 0.1) is 6.92 Å². The highest BCUT2D eigenvalue weighted by atomic mass is 15.3. The van der Waals surface area contributed by atoms with E-state index in [4.69, 9.17) is 0 Å². The third kappa shape index (κ3) is 2.93. The molecule has 0 spiro atoms. The van der Waals surface area contributed by atoms with E-state index in [2.05, 4.69) is 59.8 Å². The van der Waals surface area contributed by atoms with Gasteiger partial charge in [-0.1, -0.05) is 29.8 Å². The lowest BCUT2D eigenvalue weighted by atomic mass is 10.1. The molecule has 90 valence electrons. The van der Waals surface area contributed by atoms with Gasteiger partial charge in [0.1, 0.15) is 12.2 Å². The number of hydrogen-bond donors (Lipinski definition) is 0. The van der Waals surface area contributed by atoms with E-state index in [1.165, 1.54) is 11.1 Å². The van der Waals surface area contributed by atoms with Gasteiger partial charge in [-0.05, 0) is 32.8 Å². The predicted octanol–water partition coefficient (Wildman–Crippen LogP) is 2.95. The van der Waals surface area contributed by atoms with Gasteiger partial charge in [0.2, 0.25) is 0 Å². The molecule has 0 amide bonds. The fourth-order valence-electron chi connectivity index (χ4n) is 2.00. The van der Waals surface area contributed by atoms with Crippen molar-refractivity contribution in [3.8, 4) is 0 Å². The second-order valence-electron chi connectivity index (χ2n) is 4.74. The van der Waals surface area contributed by atoms with Crippen molar-refractivity contribution in [2.75, 3.05) is 0 Å². The average molecular weight is 229 g/mol. The Balaban J connectivity index is 2.05. The molecule has 0 aliphatic carbocycles. The number of benzene rings is 1. The van der Waals surface area contributed by atoms with Gasteiger partial charge in [-0.3, -0.25) is 0 Å². The van der Waals surface area contributed by atoms with Crippen LogP contribution < -0.4 is 0 Å². The van der Waals surface area contributed by atoms with Gasteiger partial charge in [0.05, 0.1) is 0 Å². The van der Waals surface area contributed by atoms with Crippen LogP contribution in [0.25, 0.3) is 0 Å². The van der Waals surface area contributed by atoms with Crippen LogP contribution >= 0.6 is 0 Å². The van der Waals surface area contributed by atoms with Gasteiger partial charge in [0.25, 0.3) is 0 Å². The topological polar surface area (TPSA) is 30.7 Å². The fourth-order valence-corrected chi connectivity index (χ4v) is 2.00. The molecule has 0 fully saturated rings. The minimum Gasteiger partial charge on any atom is -0.315 e. The van der Waals surface area contributed by atoms with Gasteiger partial charge in [-0.25, -0.2) is 0 Å². The molecule has 3 heteroatoms. The van der Waals surface area contributed by atoms with Crippen LogP contribution in [-0.2, 0) is 12.8 Å². The molecule has 0 atom stereocenters. The first-order valence-electron chi connectivity index (χ1n) is 6.10. The second-order valence-corrected chi connectivity index (χ2v) is 4.74. The van der Waals surface area contributed by atoms with E-state index in [1.54, 1.807) is 0 Å². The molecule has 0 aliphatic rings. The monoisotopic (exact) mass is 229 g/mol. The molecule has 0 N–H and O–H groups in total. The van der Waals surface area contributed by atoms with Crippen LogP contribution in [0.3, 0.4) is 0 Å². The first-order chi connectivity index (χ1) is 8.16. The van der Waals surface area contributed by atoms with Gasteiger partial charge >= 0.3 is 0 Å². The van der Waals surface area contributed by atoms with Gasteiger partial charge in [0, 0.05) is 12.5 Å². The molecular weight excluding hydrogens is 210 g/mol. The van der Waals surface area contributed by atoms with Crippen molar-refractivity contribution in [2.24, 2.45) is 0 Å². The van der Waals surface area contributed by atoms with Crippen molar-refractivity contribution in [3.05, 3.63) is 47.5 Å². The average Bonchev–Trinajstić information content (AvgIpc) is 2.74. The van der Waals surface area contributed by atoms with E-state index in [9.17, 15) is 0 Å². The minimum absolute atomic E-state index is 0.428. The molecule has 0 unspecified atom stereocenters. The number of hydrogen-bond acceptors (Lipinski definition) is 2. The summed E-state index contributed by atoms with van der Waals surface area (Å²) < 4.78 is 2.13. The Morgan fingerprint density at radius 3 is 2.76 bits per heavy atom. The van der Waals surface area contributed by atoms with Crippen LogP contribution in [0.4, 0.5) is 0 Å². The minimum atomic E-state index is 0.428. The molecule has 17 heavy (non-hydrogen) atoms. The summed E-state index contributed by atoms with van der Waals surface area (Å²) in [5.74, 6) is 1.07. The van der Waals surface area contributed by atoms with Gasteiger partial charge < -0.3 is 4.57 Å². The Hall–Kier alpha value is -1.64. The molecule has 0 saturated carbocycles. The summed E-state index contributed by atoms with van der Waals surface area (Å²) in [4.78, 5) is 0. The smallest absolute Gasteiger partial charge is 0.133 e. The zero-order valence-corrected chi connectivity index (χ0v) is 10.7. The molecular formula is C14H19N3. The first-order valence-corrected chi connectivity index (χ1v) is 6.10. The highest BCUT2D eigenvalue weighted by Gasteiger charge is 2.07. The summed E-state index contributed by atoms with van der Waals surface area (Å²) in [5, 5.41) is 8.17. The Kier molecular flexibility index (Phi) is 3.57. The quantitative estimate of drug-likeness (QED) is 0.807. The summed E-state index contributed by atoms with van der Waals surface area (Å²) in [7, 11) is 0. The lowest BCUT2D eigenvalue weighted by Gasteiger charge is -2.09. The molecule has 1 aromatic carbocycles. The SMILES string of the molecule is Cc1cccc(CCc2nncn2C(C)C)c1. The number of rotatable bonds is 4. The van der Waals surface area contributed by atoms with Crippen LogP contribution in [0.15, 0.2) is 30.6 Å². The maximum atomic E-state index is 4.19. The van der Waals surface area contributed by atoms with Crippen molar-refractivity contribution in [2.45, 2.75) is 39.7 Å². The predicted molar refractivity (Wildman–Crippen MR) is 69.0 cm³/mol. The Morgan fingerprint density at radius 2 is 2.06 bits per heavy atom. The Labute approximate surface area is 103 Å². The summed E-state index contributed by atoms with van der Waals surface area (Å²) in [6, 6.07) is 9.06. The largest absolute Gasteiger partial charge is 0.315 e.